The van der Waals surface area contributed by atoms with Gasteiger partial charge in [0, 0.05) is 43.9 Å². The number of aromatic nitrogens is 1. The highest BCUT2D eigenvalue weighted by molar-refractivity contribution is 7.90. The average molecular weight is 417 g/mol. The number of nitrogens with zero attached hydrogens (tertiary/aromatic N) is 4. The number of nitrogens with one attached hydrogen (secondary N) is 1. The number of rotatable bonds is 4. The molecule has 0 unspecified atom stereocenters. The lowest BCUT2D eigenvalue weighted by atomic mass is 10.2. The van der Waals surface area contributed by atoms with Gasteiger partial charge in [0.1, 0.15) is 18.1 Å². The van der Waals surface area contributed by atoms with Crippen LogP contribution in [0.3, 0.4) is 0 Å². The fourth-order valence-corrected chi connectivity index (χ4v) is 4.86. The molecule has 0 aliphatic carbocycles. The van der Waals surface area contributed by atoms with Crippen molar-refractivity contribution in [1.29, 1.82) is 0 Å². The summed E-state index contributed by atoms with van der Waals surface area (Å²) in [4.78, 5) is 21.0. The number of hydrogen-bond acceptors (Lipinski definition) is 7. The molecule has 0 bridgehead atoms. The number of aliphatic imine (C=N–C) groups is 1. The lowest BCUT2D eigenvalue weighted by molar-refractivity contribution is -0.131. The Hall–Kier alpha value is -2.72. The number of amidine groups is 1. The van der Waals surface area contributed by atoms with Crippen molar-refractivity contribution in [3.63, 3.8) is 0 Å². The molecule has 1 fully saturated rings. The van der Waals surface area contributed by atoms with Crippen LogP contribution in [0.4, 0.5) is 0 Å². The molecule has 1 amide bonds. The van der Waals surface area contributed by atoms with Gasteiger partial charge in [0.2, 0.25) is 5.91 Å². The summed E-state index contributed by atoms with van der Waals surface area (Å²) in [5, 5.41) is 3.98. The fraction of sp³-hybridized carbons (Fsp3) is 0.421. The van der Waals surface area contributed by atoms with Gasteiger partial charge in [-0.3, -0.25) is 19.4 Å². The molecule has 0 saturated carbocycles. The molecule has 1 N–H and O–H groups in total. The van der Waals surface area contributed by atoms with Crippen LogP contribution in [-0.2, 0) is 21.4 Å². The molecule has 1 saturated heterocycles. The third kappa shape index (κ3) is 3.90. The first kappa shape index (κ1) is 19.6. The van der Waals surface area contributed by atoms with E-state index in [9.17, 15) is 13.2 Å². The Morgan fingerprint density at radius 1 is 1.21 bits per heavy atom. The number of carbonyl (C=O) groups is 1. The van der Waals surface area contributed by atoms with Crippen molar-refractivity contribution in [3.8, 4) is 0 Å². The molecule has 29 heavy (non-hydrogen) atoms. The Morgan fingerprint density at radius 3 is 2.62 bits per heavy atom. The predicted octanol–water partition coefficient (Wildman–Crippen LogP) is 0.674. The maximum Gasteiger partial charge on any atom is 0.263 e. The van der Waals surface area contributed by atoms with E-state index in [1.165, 1.54) is 6.07 Å². The van der Waals surface area contributed by atoms with Gasteiger partial charge < -0.3 is 9.42 Å². The van der Waals surface area contributed by atoms with Crippen molar-refractivity contribution >= 4 is 21.8 Å². The number of aryl methyl sites for hydroxylation is 2. The Morgan fingerprint density at radius 2 is 1.93 bits per heavy atom. The topological polar surface area (TPSA) is 108 Å². The molecule has 1 aromatic heterocycles. The van der Waals surface area contributed by atoms with Crippen molar-refractivity contribution in [2.45, 2.75) is 25.3 Å². The highest BCUT2D eigenvalue weighted by Gasteiger charge is 2.30. The molecule has 4 rings (SSSR count). The summed E-state index contributed by atoms with van der Waals surface area (Å²) in [6.07, 6.45) is 0. The molecule has 154 valence electrons. The van der Waals surface area contributed by atoms with Crippen LogP contribution < -0.4 is 4.72 Å². The molecule has 2 aliphatic rings. The SMILES string of the molecule is Cc1noc(C)c1CN1CCN(C(=O)CN=C2NS(=O)(=O)c3ccccc32)CC1. The fourth-order valence-electron chi connectivity index (χ4n) is 3.60. The number of hydrogen-bond donors (Lipinski definition) is 1. The van der Waals surface area contributed by atoms with Crippen LogP contribution in [0.15, 0.2) is 38.7 Å². The zero-order valence-corrected chi connectivity index (χ0v) is 17.2. The molecule has 10 heteroatoms. The number of amides is 1. The molecule has 0 atom stereocenters. The van der Waals surface area contributed by atoms with Gasteiger partial charge in [-0.1, -0.05) is 17.3 Å². The standard InChI is InChI=1S/C19H23N5O4S/c1-13-16(14(2)28-21-13)12-23-7-9-24(10-8-23)18(25)11-20-19-15-5-3-4-6-17(15)29(26,27)22-19/h3-6H,7-12H2,1-2H3,(H,20,22). The largest absolute Gasteiger partial charge is 0.361 e. The third-order valence-corrected chi connectivity index (χ3v) is 6.72. The van der Waals surface area contributed by atoms with Gasteiger partial charge >= 0.3 is 0 Å². The summed E-state index contributed by atoms with van der Waals surface area (Å²) >= 11 is 0. The summed E-state index contributed by atoms with van der Waals surface area (Å²) in [7, 11) is -3.59. The Balaban J connectivity index is 1.35. The highest BCUT2D eigenvalue weighted by Crippen LogP contribution is 2.22. The number of benzene rings is 1. The Labute approximate surface area is 169 Å². The maximum atomic E-state index is 12.6. The van der Waals surface area contributed by atoms with Crippen molar-refractivity contribution in [1.82, 2.24) is 19.7 Å². The first-order valence-corrected chi connectivity index (χ1v) is 10.9. The summed E-state index contributed by atoms with van der Waals surface area (Å²) < 4.78 is 31.9. The summed E-state index contributed by atoms with van der Waals surface area (Å²) in [6.45, 7) is 7.22. The molecule has 0 spiro atoms. The van der Waals surface area contributed by atoms with Crippen LogP contribution in [0.2, 0.25) is 0 Å². The first-order valence-electron chi connectivity index (χ1n) is 9.44. The monoisotopic (exact) mass is 417 g/mol. The molecule has 1 aromatic carbocycles. The number of sulfonamides is 1. The van der Waals surface area contributed by atoms with E-state index < -0.39 is 10.0 Å². The van der Waals surface area contributed by atoms with Crippen LogP contribution in [-0.4, -0.2) is 67.8 Å². The molecule has 3 heterocycles. The molecular weight excluding hydrogens is 394 g/mol. The predicted molar refractivity (Wildman–Crippen MR) is 106 cm³/mol. The summed E-state index contributed by atoms with van der Waals surface area (Å²) in [5.41, 5.74) is 2.50. The van der Waals surface area contributed by atoms with E-state index in [0.29, 0.717) is 18.7 Å². The quantitative estimate of drug-likeness (QED) is 0.784. The van der Waals surface area contributed by atoms with Crippen LogP contribution in [0.1, 0.15) is 22.6 Å². The van der Waals surface area contributed by atoms with Gasteiger partial charge in [0.25, 0.3) is 10.0 Å². The van der Waals surface area contributed by atoms with E-state index >= 15 is 0 Å². The number of piperazine rings is 1. The minimum atomic E-state index is -3.59. The molecule has 2 aliphatic heterocycles. The van der Waals surface area contributed by atoms with E-state index in [1.807, 2.05) is 13.8 Å². The average Bonchev–Trinajstić information content (AvgIpc) is 3.17. The number of carbonyl (C=O) groups excluding carboxylic acids is 1. The molecule has 2 aromatic rings. The second-order valence-corrected chi connectivity index (χ2v) is 8.88. The molecular formula is C19H23N5O4S. The van der Waals surface area contributed by atoms with Crippen LogP contribution in [0.5, 0.6) is 0 Å². The van der Waals surface area contributed by atoms with Crippen molar-refractivity contribution in [2.24, 2.45) is 4.99 Å². The second-order valence-electron chi connectivity index (χ2n) is 7.23. The van der Waals surface area contributed by atoms with Gasteiger partial charge in [-0.15, -0.1) is 0 Å². The van der Waals surface area contributed by atoms with E-state index in [4.69, 9.17) is 4.52 Å². The minimum Gasteiger partial charge on any atom is -0.361 e. The Kier molecular flexibility index (Phi) is 5.13. The van der Waals surface area contributed by atoms with Crippen molar-refractivity contribution in [2.75, 3.05) is 32.7 Å². The van der Waals surface area contributed by atoms with E-state index in [0.717, 1.165) is 36.7 Å². The van der Waals surface area contributed by atoms with Crippen molar-refractivity contribution < 1.29 is 17.7 Å². The molecule has 0 radical (unpaired) electrons. The second kappa shape index (κ2) is 7.60. The van der Waals surface area contributed by atoms with Gasteiger partial charge in [0.15, 0.2) is 0 Å². The van der Waals surface area contributed by atoms with Crippen LogP contribution >= 0.6 is 0 Å². The van der Waals surface area contributed by atoms with Crippen molar-refractivity contribution in [3.05, 3.63) is 46.8 Å². The zero-order chi connectivity index (χ0) is 20.6. The van der Waals surface area contributed by atoms with E-state index in [-0.39, 0.29) is 23.2 Å². The summed E-state index contributed by atoms with van der Waals surface area (Å²) in [5.74, 6) is 0.945. The minimum absolute atomic E-state index is 0.0872. The zero-order valence-electron chi connectivity index (χ0n) is 16.4. The van der Waals surface area contributed by atoms with Gasteiger partial charge in [-0.25, -0.2) is 8.42 Å². The smallest absolute Gasteiger partial charge is 0.263 e. The highest BCUT2D eigenvalue weighted by atomic mass is 32.2. The lowest BCUT2D eigenvalue weighted by Crippen LogP contribution is -2.49. The summed E-state index contributed by atoms with van der Waals surface area (Å²) in [6, 6.07) is 6.62. The normalized spacial score (nSPS) is 19.9. The third-order valence-electron chi connectivity index (χ3n) is 5.32. The van der Waals surface area contributed by atoms with Crippen LogP contribution in [0.25, 0.3) is 0 Å². The lowest BCUT2D eigenvalue weighted by Gasteiger charge is -2.34. The maximum absolute atomic E-state index is 12.6. The van der Waals surface area contributed by atoms with Gasteiger partial charge in [-0.2, -0.15) is 0 Å². The van der Waals surface area contributed by atoms with E-state index in [2.05, 4.69) is 19.8 Å². The van der Waals surface area contributed by atoms with Gasteiger partial charge in [-0.05, 0) is 26.0 Å². The van der Waals surface area contributed by atoms with Gasteiger partial charge in [0.05, 0.1) is 10.6 Å². The number of fused-ring (bicyclic) bond motifs is 1. The van der Waals surface area contributed by atoms with Crippen LogP contribution in [0, 0.1) is 13.8 Å². The van der Waals surface area contributed by atoms with E-state index in [1.54, 1.807) is 23.1 Å². The Bertz CT molecular complexity index is 1050. The first-order chi connectivity index (χ1) is 13.8. The molecule has 9 nitrogen and oxygen atoms in total.